The lowest BCUT2D eigenvalue weighted by molar-refractivity contribution is -0.128. The average Bonchev–Trinajstić information content (AvgIpc) is 3.58. The standard InChI is InChI=1S/C24H22N2O7/c1-29-15-7-13(8-16(10-15)30-2)25-22(27)20-18-5-6-24(33-18)11-26(23(28)21(20)24)14-3-4-17-19(9-14)32-12-31-17/h3-10,18,20-21H,11-12H2,1-2H3,(H,25,27)/t18-,20-,21+,24-/m0/s1. The maximum absolute atomic E-state index is 13.6. The molecule has 0 radical (unpaired) electrons. The molecule has 2 aromatic rings. The largest absolute Gasteiger partial charge is 0.497 e. The van der Waals surface area contributed by atoms with E-state index in [2.05, 4.69) is 5.32 Å². The summed E-state index contributed by atoms with van der Waals surface area (Å²) in [5, 5.41) is 2.92. The molecule has 9 nitrogen and oxygen atoms in total. The van der Waals surface area contributed by atoms with Crippen molar-refractivity contribution in [3.05, 3.63) is 48.6 Å². The second-order valence-electron chi connectivity index (χ2n) is 8.45. The number of amides is 2. The minimum absolute atomic E-state index is 0.149. The Hall–Kier alpha value is -3.72. The third kappa shape index (κ3) is 2.96. The maximum atomic E-state index is 13.6. The van der Waals surface area contributed by atoms with E-state index in [0.29, 0.717) is 40.9 Å². The van der Waals surface area contributed by atoms with Gasteiger partial charge in [-0.2, -0.15) is 0 Å². The highest BCUT2D eigenvalue weighted by Crippen LogP contribution is 2.53. The quantitative estimate of drug-likeness (QED) is 0.699. The molecule has 4 atom stereocenters. The molecular formula is C24H22N2O7. The van der Waals surface area contributed by atoms with Gasteiger partial charge < -0.3 is 33.9 Å². The van der Waals surface area contributed by atoms with E-state index in [1.807, 2.05) is 18.2 Å². The number of anilines is 2. The molecule has 2 amide bonds. The van der Waals surface area contributed by atoms with E-state index in [0.717, 1.165) is 0 Å². The normalized spacial score (nSPS) is 28.2. The molecule has 4 heterocycles. The SMILES string of the molecule is COc1cc(NC(=O)[C@H]2[C@@H]3C=C[C@@]4(CN(c5ccc6c(c5)OCO6)C(=O)[C@@H]24)O3)cc(OC)c1. The Morgan fingerprint density at radius 3 is 2.61 bits per heavy atom. The van der Waals surface area contributed by atoms with Crippen LogP contribution in [0.3, 0.4) is 0 Å². The van der Waals surface area contributed by atoms with Crippen LogP contribution in [0.15, 0.2) is 48.6 Å². The van der Waals surface area contributed by atoms with Crippen LogP contribution in [0, 0.1) is 11.8 Å². The molecule has 4 aliphatic rings. The van der Waals surface area contributed by atoms with Crippen LogP contribution >= 0.6 is 0 Å². The predicted octanol–water partition coefficient (Wildman–Crippen LogP) is 2.36. The van der Waals surface area contributed by atoms with Gasteiger partial charge in [0.05, 0.1) is 38.7 Å². The monoisotopic (exact) mass is 450 g/mol. The summed E-state index contributed by atoms with van der Waals surface area (Å²) in [5.41, 5.74) is 0.381. The third-order valence-corrected chi connectivity index (χ3v) is 6.69. The van der Waals surface area contributed by atoms with Crippen molar-refractivity contribution in [2.45, 2.75) is 11.7 Å². The zero-order valence-electron chi connectivity index (χ0n) is 18.1. The average molecular weight is 450 g/mol. The van der Waals surface area contributed by atoms with Crippen LogP contribution in [0.2, 0.25) is 0 Å². The lowest BCUT2D eigenvalue weighted by Gasteiger charge is -2.23. The Kier molecular flexibility index (Phi) is 4.31. The fourth-order valence-electron chi connectivity index (χ4n) is 5.17. The van der Waals surface area contributed by atoms with Crippen LogP contribution < -0.4 is 29.2 Å². The molecule has 2 bridgehead atoms. The van der Waals surface area contributed by atoms with E-state index >= 15 is 0 Å². The smallest absolute Gasteiger partial charge is 0.234 e. The molecule has 0 saturated carbocycles. The van der Waals surface area contributed by atoms with E-state index in [1.165, 1.54) is 0 Å². The Balaban J connectivity index is 1.28. The Morgan fingerprint density at radius 1 is 1.09 bits per heavy atom. The molecule has 1 N–H and O–H groups in total. The summed E-state index contributed by atoms with van der Waals surface area (Å²) in [6.07, 6.45) is 3.35. The van der Waals surface area contributed by atoms with Crippen LogP contribution in [0.1, 0.15) is 0 Å². The number of nitrogens with zero attached hydrogens (tertiary/aromatic N) is 1. The van der Waals surface area contributed by atoms with E-state index in [9.17, 15) is 9.59 Å². The van der Waals surface area contributed by atoms with Crippen molar-refractivity contribution in [3.63, 3.8) is 0 Å². The van der Waals surface area contributed by atoms with Gasteiger partial charge in [-0.1, -0.05) is 12.2 Å². The molecule has 170 valence electrons. The zero-order valence-corrected chi connectivity index (χ0v) is 18.1. The summed E-state index contributed by atoms with van der Waals surface area (Å²) in [6, 6.07) is 10.5. The van der Waals surface area contributed by atoms with E-state index in [-0.39, 0.29) is 18.6 Å². The summed E-state index contributed by atoms with van der Waals surface area (Å²) in [7, 11) is 3.08. The van der Waals surface area contributed by atoms with Crippen molar-refractivity contribution in [1.82, 2.24) is 0 Å². The first kappa shape index (κ1) is 19.9. The highest BCUT2D eigenvalue weighted by Gasteiger charge is 2.67. The first-order chi connectivity index (χ1) is 16.0. The maximum Gasteiger partial charge on any atom is 0.234 e. The number of nitrogens with one attached hydrogen (secondary N) is 1. The first-order valence-electron chi connectivity index (χ1n) is 10.6. The number of rotatable bonds is 5. The van der Waals surface area contributed by atoms with Crippen molar-refractivity contribution >= 4 is 23.2 Å². The molecule has 1 spiro atoms. The molecule has 33 heavy (non-hydrogen) atoms. The molecule has 0 aromatic heterocycles. The Morgan fingerprint density at radius 2 is 1.85 bits per heavy atom. The van der Waals surface area contributed by atoms with Gasteiger partial charge in [0, 0.05) is 35.6 Å². The molecule has 6 rings (SSSR count). The van der Waals surface area contributed by atoms with Crippen molar-refractivity contribution < 1.29 is 33.3 Å². The summed E-state index contributed by atoms with van der Waals surface area (Å²) >= 11 is 0. The van der Waals surface area contributed by atoms with Gasteiger partial charge in [-0.3, -0.25) is 9.59 Å². The minimum Gasteiger partial charge on any atom is -0.497 e. The fraction of sp³-hybridized carbons (Fsp3) is 0.333. The molecular weight excluding hydrogens is 428 g/mol. The van der Waals surface area contributed by atoms with Crippen molar-refractivity contribution in [2.24, 2.45) is 11.8 Å². The van der Waals surface area contributed by atoms with E-state index in [1.54, 1.807) is 49.5 Å². The van der Waals surface area contributed by atoms with E-state index < -0.39 is 23.5 Å². The molecule has 0 unspecified atom stereocenters. The molecule has 2 aromatic carbocycles. The van der Waals surface area contributed by atoms with Gasteiger partial charge in [-0.05, 0) is 12.1 Å². The van der Waals surface area contributed by atoms with Gasteiger partial charge in [0.15, 0.2) is 11.5 Å². The fourth-order valence-corrected chi connectivity index (χ4v) is 5.17. The zero-order chi connectivity index (χ0) is 22.7. The van der Waals surface area contributed by atoms with Crippen LogP contribution in [0.5, 0.6) is 23.0 Å². The number of hydrogen-bond donors (Lipinski definition) is 1. The number of benzene rings is 2. The highest BCUT2D eigenvalue weighted by molar-refractivity contribution is 6.05. The molecule has 4 aliphatic heterocycles. The summed E-state index contributed by atoms with van der Waals surface area (Å²) in [4.78, 5) is 28.6. The van der Waals surface area contributed by atoms with Gasteiger partial charge in [-0.25, -0.2) is 0 Å². The number of carbonyl (C=O) groups is 2. The highest BCUT2D eigenvalue weighted by atomic mass is 16.7. The minimum atomic E-state index is -0.827. The van der Waals surface area contributed by atoms with Crippen LogP contribution in [-0.2, 0) is 14.3 Å². The Bertz CT molecular complexity index is 1170. The third-order valence-electron chi connectivity index (χ3n) is 6.69. The summed E-state index contributed by atoms with van der Waals surface area (Å²) in [6.45, 7) is 0.490. The first-order valence-corrected chi connectivity index (χ1v) is 10.6. The van der Waals surface area contributed by atoms with Gasteiger partial charge in [-0.15, -0.1) is 0 Å². The van der Waals surface area contributed by atoms with Crippen molar-refractivity contribution in [2.75, 3.05) is 37.8 Å². The summed E-state index contributed by atoms with van der Waals surface area (Å²) in [5.74, 6) is 0.636. The van der Waals surface area contributed by atoms with E-state index in [4.69, 9.17) is 23.7 Å². The van der Waals surface area contributed by atoms with Crippen LogP contribution in [-0.4, -0.2) is 51.1 Å². The van der Waals surface area contributed by atoms with Crippen LogP contribution in [0.4, 0.5) is 11.4 Å². The second-order valence-corrected chi connectivity index (χ2v) is 8.45. The van der Waals surface area contributed by atoms with Gasteiger partial charge in [0.2, 0.25) is 18.6 Å². The number of carbonyl (C=O) groups excluding carboxylic acids is 2. The number of hydrogen-bond acceptors (Lipinski definition) is 7. The Labute approximate surface area is 189 Å². The topological polar surface area (TPSA) is 95.6 Å². The molecule has 0 aliphatic carbocycles. The van der Waals surface area contributed by atoms with Crippen molar-refractivity contribution in [3.8, 4) is 23.0 Å². The number of methoxy groups -OCH3 is 2. The summed E-state index contributed by atoms with van der Waals surface area (Å²) < 4.78 is 27.6. The van der Waals surface area contributed by atoms with Crippen molar-refractivity contribution in [1.29, 1.82) is 0 Å². The van der Waals surface area contributed by atoms with Gasteiger partial charge >= 0.3 is 0 Å². The molecule has 2 fully saturated rings. The lowest BCUT2D eigenvalue weighted by atomic mass is 9.77. The predicted molar refractivity (Wildman–Crippen MR) is 117 cm³/mol. The van der Waals surface area contributed by atoms with Gasteiger partial charge in [0.1, 0.15) is 17.1 Å². The second kappa shape index (κ2) is 7.14. The number of ether oxygens (including phenoxy) is 5. The lowest BCUT2D eigenvalue weighted by Crippen LogP contribution is -2.41. The molecule has 2 saturated heterocycles. The molecule has 9 heteroatoms. The number of fused-ring (bicyclic) bond motifs is 2. The van der Waals surface area contributed by atoms with Gasteiger partial charge in [0.25, 0.3) is 0 Å². The van der Waals surface area contributed by atoms with Crippen LogP contribution in [0.25, 0.3) is 0 Å².